The summed E-state index contributed by atoms with van der Waals surface area (Å²) in [5, 5.41) is 12.5. The smallest absolute Gasteiger partial charge is 0.223 e. The number of hydrogen-bond donors (Lipinski definition) is 2. The highest BCUT2D eigenvalue weighted by Gasteiger charge is 2.12. The maximum atomic E-state index is 9.31. The van der Waals surface area contributed by atoms with Crippen molar-refractivity contribution in [3.05, 3.63) is 53.7 Å². The van der Waals surface area contributed by atoms with Gasteiger partial charge in [0.2, 0.25) is 5.88 Å². The Hall–Kier alpha value is -1.91. The van der Waals surface area contributed by atoms with Gasteiger partial charge in [0.1, 0.15) is 5.75 Å². The number of nitrogens with one attached hydrogen (secondary N) is 1. The molecule has 0 fully saturated rings. The van der Waals surface area contributed by atoms with Crippen LogP contribution in [0.4, 0.5) is 0 Å². The van der Waals surface area contributed by atoms with E-state index in [1.54, 1.807) is 6.20 Å². The molecule has 0 aliphatic rings. The van der Waals surface area contributed by atoms with Gasteiger partial charge in [0.05, 0.1) is 6.61 Å². The molecule has 1 heterocycles. The lowest BCUT2D eigenvalue weighted by molar-refractivity contribution is 0.276. The zero-order valence-electron chi connectivity index (χ0n) is 11.1. The van der Waals surface area contributed by atoms with Gasteiger partial charge in [0.25, 0.3) is 0 Å². The predicted octanol–water partition coefficient (Wildman–Crippen LogP) is 2.65. The topological polar surface area (TPSA) is 54.4 Å². The molecule has 4 nitrogen and oxygen atoms in total. The second kappa shape index (κ2) is 6.31. The summed E-state index contributed by atoms with van der Waals surface area (Å²) in [7, 11) is 1.89. The number of nitrogens with zero attached hydrogens (tertiary/aromatic N) is 1. The van der Waals surface area contributed by atoms with Crippen molar-refractivity contribution in [3.63, 3.8) is 0 Å². The third-order valence-electron chi connectivity index (χ3n) is 3.05. The van der Waals surface area contributed by atoms with Crippen molar-refractivity contribution in [3.8, 4) is 11.6 Å². The molecular weight excluding hydrogens is 240 g/mol. The lowest BCUT2D eigenvalue weighted by Crippen LogP contribution is -2.13. The normalized spacial score (nSPS) is 12.2. The number of rotatable bonds is 5. The summed E-state index contributed by atoms with van der Waals surface area (Å²) < 4.78 is 5.84. The van der Waals surface area contributed by atoms with Crippen LogP contribution >= 0.6 is 0 Å². The van der Waals surface area contributed by atoms with Crippen LogP contribution in [0.2, 0.25) is 0 Å². The van der Waals surface area contributed by atoms with E-state index in [0.29, 0.717) is 11.6 Å². The Balaban J connectivity index is 2.33. The Morgan fingerprint density at radius 2 is 2.05 bits per heavy atom. The molecule has 2 aromatic rings. The average Bonchev–Trinajstić information content (AvgIpc) is 2.47. The lowest BCUT2D eigenvalue weighted by Gasteiger charge is -2.16. The quantitative estimate of drug-likeness (QED) is 0.865. The fraction of sp³-hybridized carbons (Fsp3) is 0.267. The van der Waals surface area contributed by atoms with Crippen molar-refractivity contribution in [2.45, 2.75) is 19.6 Å². The number of para-hydroxylation sites is 1. The van der Waals surface area contributed by atoms with E-state index < -0.39 is 0 Å². The van der Waals surface area contributed by atoms with Crippen LogP contribution in [0.1, 0.15) is 24.1 Å². The zero-order chi connectivity index (χ0) is 13.7. The molecule has 100 valence electrons. The summed E-state index contributed by atoms with van der Waals surface area (Å²) in [6.45, 7) is 1.99. The van der Waals surface area contributed by atoms with E-state index in [9.17, 15) is 5.11 Å². The molecule has 0 radical (unpaired) electrons. The monoisotopic (exact) mass is 258 g/mol. The van der Waals surface area contributed by atoms with Crippen molar-refractivity contribution < 1.29 is 9.84 Å². The minimum atomic E-state index is -0.0556. The van der Waals surface area contributed by atoms with Gasteiger partial charge < -0.3 is 15.2 Å². The largest absolute Gasteiger partial charge is 0.438 e. The van der Waals surface area contributed by atoms with Crippen molar-refractivity contribution in [2.75, 3.05) is 7.05 Å². The number of ether oxygens (including phenoxy) is 1. The predicted molar refractivity (Wildman–Crippen MR) is 74.2 cm³/mol. The van der Waals surface area contributed by atoms with Gasteiger partial charge in [-0.3, -0.25) is 0 Å². The molecule has 1 atom stereocenters. The first-order valence-electron chi connectivity index (χ1n) is 6.25. The summed E-state index contributed by atoms with van der Waals surface area (Å²) in [6.07, 6.45) is 1.70. The average molecular weight is 258 g/mol. The first-order chi connectivity index (χ1) is 9.26. The third-order valence-corrected chi connectivity index (χ3v) is 3.05. The molecule has 19 heavy (non-hydrogen) atoms. The molecule has 0 aliphatic heterocycles. The Bertz CT molecular complexity index is 543. The van der Waals surface area contributed by atoms with Crippen LogP contribution in [0.5, 0.6) is 11.6 Å². The SMILES string of the molecule is CNC(C)c1cccnc1Oc1ccccc1CO. The van der Waals surface area contributed by atoms with Gasteiger partial charge in [0, 0.05) is 23.4 Å². The summed E-state index contributed by atoms with van der Waals surface area (Å²) in [4.78, 5) is 4.27. The maximum absolute atomic E-state index is 9.31. The van der Waals surface area contributed by atoms with Crippen molar-refractivity contribution in [2.24, 2.45) is 0 Å². The maximum Gasteiger partial charge on any atom is 0.223 e. The summed E-state index contributed by atoms with van der Waals surface area (Å²) in [5.74, 6) is 1.19. The lowest BCUT2D eigenvalue weighted by atomic mass is 10.1. The Morgan fingerprint density at radius 3 is 2.79 bits per heavy atom. The van der Waals surface area contributed by atoms with E-state index in [1.165, 1.54) is 0 Å². The van der Waals surface area contributed by atoms with Crippen molar-refractivity contribution in [1.29, 1.82) is 0 Å². The summed E-state index contributed by atoms with van der Waals surface area (Å²) >= 11 is 0. The number of benzene rings is 1. The van der Waals surface area contributed by atoms with E-state index in [4.69, 9.17) is 4.74 Å². The highest BCUT2D eigenvalue weighted by atomic mass is 16.5. The highest BCUT2D eigenvalue weighted by molar-refractivity contribution is 5.38. The van der Waals surface area contributed by atoms with Gasteiger partial charge in [-0.1, -0.05) is 24.3 Å². The number of hydrogen-bond acceptors (Lipinski definition) is 4. The zero-order valence-corrected chi connectivity index (χ0v) is 11.1. The van der Waals surface area contributed by atoms with Crippen LogP contribution in [0.15, 0.2) is 42.6 Å². The summed E-state index contributed by atoms with van der Waals surface area (Å²) in [5.41, 5.74) is 1.73. The number of aliphatic hydroxyl groups excluding tert-OH is 1. The Labute approximate surface area is 113 Å². The molecule has 1 aromatic heterocycles. The van der Waals surface area contributed by atoms with Gasteiger partial charge in [-0.05, 0) is 26.1 Å². The van der Waals surface area contributed by atoms with E-state index in [0.717, 1.165) is 11.1 Å². The highest BCUT2D eigenvalue weighted by Crippen LogP contribution is 2.29. The molecule has 4 heteroatoms. The van der Waals surface area contributed by atoms with Crippen LogP contribution in [-0.2, 0) is 6.61 Å². The fourth-order valence-electron chi connectivity index (χ4n) is 1.81. The molecule has 0 saturated heterocycles. The molecule has 0 amide bonds. The third kappa shape index (κ3) is 3.10. The van der Waals surface area contributed by atoms with Gasteiger partial charge in [0.15, 0.2) is 0 Å². The van der Waals surface area contributed by atoms with E-state index in [-0.39, 0.29) is 12.6 Å². The number of aromatic nitrogens is 1. The van der Waals surface area contributed by atoms with Crippen LogP contribution in [-0.4, -0.2) is 17.1 Å². The second-order valence-corrected chi connectivity index (χ2v) is 4.28. The first-order valence-corrected chi connectivity index (χ1v) is 6.25. The van der Waals surface area contributed by atoms with Gasteiger partial charge in [-0.2, -0.15) is 0 Å². The van der Waals surface area contributed by atoms with E-state index in [1.807, 2.05) is 50.4 Å². The fourth-order valence-corrected chi connectivity index (χ4v) is 1.81. The minimum absolute atomic E-state index is 0.0556. The molecule has 1 unspecified atom stereocenters. The molecule has 2 N–H and O–H groups in total. The van der Waals surface area contributed by atoms with Crippen LogP contribution in [0.3, 0.4) is 0 Å². The Morgan fingerprint density at radius 1 is 1.26 bits per heavy atom. The van der Waals surface area contributed by atoms with Crippen LogP contribution < -0.4 is 10.1 Å². The molecule has 2 rings (SSSR count). The van der Waals surface area contributed by atoms with Crippen molar-refractivity contribution in [1.82, 2.24) is 10.3 Å². The number of aliphatic hydroxyl groups is 1. The molecule has 1 aromatic carbocycles. The van der Waals surface area contributed by atoms with Gasteiger partial charge in [-0.25, -0.2) is 4.98 Å². The van der Waals surface area contributed by atoms with Gasteiger partial charge >= 0.3 is 0 Å². The second-order valence-electron chi connectivity index (χ2n) is 4.28. The van der Waals surface area contributed by atoms with Crippen LogP contribution in [0.25, 0.3) is 0 Å². The van der Waals surface area contributed by atoms with E-state index >= 15 is 0 Å². The Kier molecular flexibility index (Phi) is 4.49. The molecule has 0 spiro atoms. The standard InChI is InChI=1S/C15H18N2O2/c1-11(16-2)13-7-5-9-17-15(13)19-14-8-4-3-6-12(14)10-18/h3-9,11,16,18H,10H2,1-2H3. The first kappa shape index (κ1) is 13.5. The minimum Gasteiger partial charge on any atom is -0.438 e. The molecular formula is C15H18N2O2. The number of pyridine rings is 1. The van der Waals surface area contributed by atoms with Crippen molar-refractivity contribution >= 4 is 0 Å². The van der Waals surface area contributed by atoms with E-state index in [2.05, 4.69) is 10.3 Å². The molecule has 0 aliphatic carbocycles. The molecule has 0 saturated carbocycles. The molecule has 0 bridgehead atoms. The van der Waals surface area contributed by atoms with Crippen LogP contribution in [0, 0.1) is 0 Å². The summed E-state index contributed by atoms with van der Waals surface area (Å²) in [6, 6.07) is 11.4. The van der Waals surface area contributed by atoms with Gasteiger partial charge in [-0.15, -0.1) is 0 Å².